The summed E-state index contributed by atoms with van der Waals surface area (Å²) >= 11 is 0. The van der Waals surface area contributed by atoms with Gasteiger partial charge in [0.15, 0.2) is 0 Å². The van der Waals surface area contributed by atoms with Crippen LogP contribution in [0.5, 0.6) is 0 Å². The van der Waals surface area contributed by atoms with Gasteiger partial charge in [-0.05, 0) is 45.6 Å². The van der Waals surface area contributed by atoms with Gasteiger partial charge in [0.05, 0.1) is 5.54 Å². The first-order valence-electron chi connectivity index (χ1n) is 7.53. The minimum atomic E-state index is -0.343. The van der Waals surface area contributed by atoms with Crippen molar-refractivity contribution in [1.82, 2.24) is 5.32 Å². The zero-order valence-corrected chi connectivity index (χ0v) is 12.8. The van der Waals surface area contributed by atoms with Crippen LogP contribution in [0.1, 0.15) is 50.7 Å². The first-order chi connectivity index (χ1) is 9.38. The highest BCUT2D eigenvalue weighted by molar-refractivity contribution is 5.79. The fourth-order valence-electron chi connectivity index (χ4n) is 2.98. The van der Waals surface area contributed by atoms with E-state index in [1.54, 1.807) is 0 Å². The van der Waals surface area contributed by atoms with Gasteiger partial charge in [0.1, 0.15) is 0 Å². The van der Waals surface area contributed by atoms with Crippen LogP contribution in [0.15, 0.2) is 24.3 Å². The summed E-state index contributed by atoms with van der Waals surface area (Å²) in [6, 6.07) is 8.49. The van der Waals surface area contributed by atoms with Crippen molar-refractivity contribution >= 4 is 5.91 Å². The smallest absolute Gasteiger partial charge is 0.223 e. The highest BCUT2D eigenvalue weighted by atomic mass is 16.2. The highest BCUT2D eigenvalue weighted by Gasteiger charge is 2.30. The van der Waals surface area contributed by atoms with Crippen LogP contribution in [0.3, 0.4) is 0 Å². The van der Waals surface area contributed by atoms with Gasteiger partial charge in [-0.25, -0.2) is 0 Å². The van der Waals surface area contributed by atoms with Crippen LogP contribution < -0.4 is 11.1 Å². The normalized spacial score (nSPS) is 23.4. The number of hydrogen-bond donors (Lipinski definition) is 2. The maximum Gasteiger partial charge on any atom is 0.223 e. The lowest BCUT2D eigenvalue weighted by Crippen LogP contribution is -2.46. The van der Waals surface area contributed by atoms with E-state index in [1.807, 2.05) is 6.07 Å². The van der Waals surface area contributed by atoms with Gasteiger partial charge in [0.25, 0.3) is 0 Å². The molecule has 1 fully saturated rings. The van der Waals surface area contributed by atoms with Gasteiger partial charge in [-0.15, -0.1) is 0 Å². The summed E-state index contributed by atoms with van der Waals surface area (Å²) in [5, 5.41) is 3.20. The summed E-state index contributed by atoms with van der Waals surface area (Å²) in [4.78, 5) is 12.5. The largest absolute Gasteiger partial charge is 0.347 e. The minimum absolute atomic E-state index is 0.0721. The molecule has 1 aromatic rings. The molecule has 0 spiro atoms. The van der Waals surface area contributed by atoms with Crippen LogP contribution in [-0.2, 0) is 10.3 Å². The molecule has 1 amide bonds. The third kappa shape index (κ3) is 3.60. The zero-order chi connectivity index (χ0) is 14.8. The standard InChI is InChI=1S/C17H26N2O/c1-12-6-4-8-14(10-12)17(2,3)19-16(20)13-7-5-9-15(18)11-13/h4,6,8,10,13,15H,5,7,9,11,18H2,1-3H3,(H,19,20). The van der Waals surface area contributed by atoms with E-state index in [4.69, 9.17) is 5.73 Å². The molecule has 110 valence electrons. The number of aryl methyl sites for hydroxylation is 1. The second-order valence-electron chi connectivity index (χ2n) is 6.61. The molecule has 0 bridgehead atoms. The van der Waals surface area contributed by atoms with Gasteiger partial charge in [-0.1, -0.05) is 36.2 Å². The number of hydrogen-bond acceptors (Lipinski definition) is 2. The molecule has 1 aliphatic rings. The number of nitrogens with one attached hydrogen (secondary N) is 1. The molecule has 2 rings (SSSR count). The Morgan fingerprint density at radius 2 is 2.10 bits per heavy atom. The van der Waals surface area contributed by atoms with Crippen LogP contribution in [0.4, 0.5) is 0 Å². The summed E-state index contributed by atoms with van der Waals surface area (Å²) in [6.07, 6.45) is 3.88. The number of rotatable bonds is 3. The first kappa shape index (κ1) is 15.0. The fraction of sp³-hybridized carbons (Fsp3) is 0.588. The molecule has 1 saturated carbocycles. The lowest BCUT2D eigenvalue weighted by molar-refractivity contribution is -0.127. The van der Waals surface area contributed by atoms with Crippen molar-refractivity contribution in [3.63, 3.8) is 0 Å². The van der Waals surface area contributed by atoms with E-state index >= 15 is 0 Å². The average molecular weight is 274 g/mol. The predicted molar refractivity (Wildman–Crippen MR) is 82.3 cm³/mol. The number of benzene rings is 1. The Balaban J connectivity index is 2.05. The zero-order valence-electron chi connectivity index (χ0n) is 12.8. The van der Waals surface area contributed by atoms with Crippen LogP contribution in [0, 0.1) is 12.8 Å². The monoisotopic (exact) mass is 274 g/mol. The molecule has 3 N–H and O–H groups in total. The van der Waals surface area contributed by atoms with E-state index in [0.717, 1.165) is 31.2 Å². The predicted octanol–water partition coefficient (Wildman–Crippen LogP) is 2.86. The van der Waals surface area contributed by atoms with E-state index in [2.05, 4.69) is 44.3 Å². The number of carbonyl (C=O) groups is 1. The molecule has 0 heterocycles. The Hall–Kier alpha value is -1.35. The lowest BCUT2D eigenvalue weighted by atomic mass is 9.84. The summed E-state index contributed by atoms with van der Waals surface area (Å²) in [6.45, 7) is 6.19. The molecular weight excluding hydrogens is 248 g/mol. The molecule has 2 atom stereocenters. The molecule has 3 heteroatoms. The SMILES string of the molecule is Cc1cccc(C(C)(C)NC(=O)C2CCCC(N)C2)c1. The van der Waals surface area contributed by atoms with Crippen LogP contribution in [0.2, 0.25) is 0 Å². The van der Waals surface area contributed by atoms with Crippen LogP contribution in [-0.4, -0.2) is 11.9 Å². The van der Waals surface area contributed by atoms with Gasteiger partial charge in [-0.2, -0.15) is 0 Å². The molecule has 3 nitrogen and oxygen atoms in total. The molecule has 0 aromatic heterocycles. The Labute approximate surface area is 121 Å². The van der Waals surface area contributed by atoms with Gasteiger partial charge in [0, 0.05) is 12.0 Å². The summed E-state index contributed by atoms with van der Waals surface area (Å²) < 4.78 is 0. The van der Waals surface area contributed by atoms with Crippen molar-refractivity contribution in [2.24, 2.45) is 11.7 Å². The van der Waals surface area contributed by atoms with E-state index in [9.17, 15) is 4.79 Å². The Kier molecular flexibility index (Phi) is 4.48. The minimum Gasteiger partial charge on any atom is -0.347 e. The molecule has 2 unspecified atom stereocenters. The van der Waals surface area contributed by atoms with Crippen molar-refractivity contribution in [2.45, 2.75) is 58.0 Å². The van der Waals surface area contributed by atoms with Gasteiger partial charge < -0.3 is 11.1 Å². The Morgan fingerprint density at radius 3 is 2.75 bits per heavy atom. The topological polar surface area (TPSA) is 55.1 Å². The van der Waals surface area contributed by atoms with Crippen molar-refractivity contribution in [3.05, 3.63) is 35.4 Å². The molecule has 0 radical (unpaired) electrons. The molecule has 20 heavy (non-hydrogen) atoms. The van der Waals surface area contributed by atoms with Crippen molar-refractivity contribution in [3.8, 4) is 0 Å². The Bertz CT molecular complexity index is 482. The van der Waals surface area contributed by atoms with E-state index in [0.29, 0.717) is 0 Å². The third-order valence-electron chi connectivity index (χ3n) is 4.26. The molecule has 1 aromatic carbocycles. The van der Waals surface area contributed by atoms with Gasteiger partial charge >= 0.3 is 0 Å². The van der Waals surface area contributed by atoms with Crippen LogP contribution in [0.25, 0.3) is 0 Å². The molecular formula is C17H26N2O. The van der Waals surface area contributed by atoms with E-state index in [1.165, 1.54) is 5.56 Å². The third-order valence-corrected chi connectivity index (χ3v) is 4.26. The van der Waals surface area contributed by atoms with E-state index < -0.39 is 0 Å². The summed E-state index contributed by atoms with van der Waals surface area (Å²) in [5.74, 6) is 0.217. The number of nitrogens with two attached hydrogens (primary N) is 1. The van der Waals surface area contributed by atoms with E-state index in [-0.39, 0.29) is 23.4 Å². The molecule has 0 saturated heterocycles. The average Bonchev–Trinajstić information content (AvgIpc) is 2.38. The second-order valence-corrected chi connectivity index (χ2v) is 6.61. The number of amides is 1. The van der Waals surface area contributed by atoms with Crippen molar-refractivity contribution in [2.75, 3.05) is 0 Å². The maximum atomic E-state index is 12.5. The maximum absolute atomic E-state index is 12.5. The molecule has 0 aliphatic heterocycles. The second kappa shape index (κ2) is 5.96. The summed E-state index contributed by atoms with van der Waals surface area (Å²) in [7, 11) is 0. The number of carbonyl (C=O) groups excluding carboxylic acids is 1. The fourth-order valence-corrected chi connectivity index (χ4v) is 2.98. The van der Waals surface area contributed by atoms with Crippen LogP contribution >= 0.6 is 0 Å². The van der Waals surface area contributed by atoms with Crippen molar-refractivity contribution in [1.29, 1.82) is 0 Å². The quantitative estimate of drug-likeness (QED) is 0.890. The lowest BCUT2D eigenvalue weighted by Gasteiger charge is -2.32. The summed E-state index contributed by atoms with van der Waals surface area (Å²) in [5.41, 5.74) is 7.99. The van der Waals surface area contributed by atoms with Crippen molar-refractivity contribution < 1.29 is 4.79 Å². The van der Waals surface area contributed by atoms with Gasteiger partial charge in [0.2, 0.25) is 5.91 Å². The Morgan fingerprint density at radius 1 is 1.35 bits per heavy atom. The first-order valence-corrected chi connectivity index (χ1v) is 7.53. The van der Waals surface area contributed by atoms with Gasteiger partial charge in [-0.3, -0.25) is 4.79 Å². The highest BCUT2D eigenvalue weighted by Crippen LogP contribution is 2.26. The molecule has 1 aliphatic carbocycles.